The molecule has 9 nitrogen and oxygen atoms in total. The molecular weight excluding hydrogens is 364 g/mol. The number of hydrogen-bond acceptors (Lipinski definition) is 6. The lowest BCUT2D eigenvalue weighted by molar-refractivity contribution is -0.144. The van der Waals surface area contributed by atoms with Crippen LogP contribution in [-0.2, 0) is 27.4 Å². The van der Waals surface area contributed by atoms with Crippen molar-refractivity contribution < 1.29 is 14.3 Å². The summed E-state index contributed by atoms with van der Waals surface area (Å²) in [6.07, 6.45) is 1.35. The van der Waals surface area contributed by atoms with Gasteiger partial charge in [-0.1, -0.05) is 18.2 Å². The Labute approximate surface area is 161 Å². The summed E-state index contributed by atoms with van der Waals surface area (Å²) in [6, 6.07) is 7.09. The molecule has 150 valence electrons. The third-order valence-corrected chi connectivity index (χ3v) is 4.15. The fourth-order valence-electron chi connectivity index (χ4n) is 2.62. The Bertz CT molecular complexity index is 963. The number of aromatic amines is 1. The Morgan fingerprint density at radius 3 is 2.64 bits per heavy atom. The molecule has 0 radical (unpaired) electrons. The van der Waals surface area contributed by atoms with Crippen molar-refractivity contribution >= 4 is 17.6 Å². The predicted molar refractivity (Wildman–Crippen MR) is 104 cm³/mol. The molecule has 0 aliphatic heterocycles. The maximum absolute atomic E-state index is 12.8. The molecule has 0 bridgehead atoms. The second-order valence-electron chi connectivity index (χ2n) is 6.27. The van der Waals surface area contributed by atoms with E-state index in [4.69, 9.17) is 10.5 Å². The van der Waals surface area contributed by atoms with Crippen LogP contribution in [0.5, 0.6) is 0 Å². The van der Waals surface area contributed by atoms with E-state index in [2.05, 4.69) is 4.98 Å². The maximum Gasteiger partial charge on any atom is 0.328 e. The first-order valence-electron chi connectivity index (χ1n) is 8.89. The molecule has 1 aromatic carbocycles. The molecule has 0 spiro atoms. The quantitative estimate of drug-likeness (QED) is 0.498. The minimum Gasteiger partial charge on any atom is -0.466 e. The fourth-order valence-corrected chi connectivity index (χ4v) is 2.62. The second kappa shape index (κ2) is 9.54. The van der Waals surface area contributed by atoms with Crippen LogP contribution in [0.15, 0.2) is 40.1 Å². The molecular formula is C19H24N4O5. The number of nitrogens with one attached hydrogen (secondary N) is 1. The van der Waals surface area contributed by atoms with E-state index in [9.17, 15) is 19.2 Å². The van der Waals surface area contributed by atoms with Gasteiger partial charge in [0, 0.05) is 30.5 Å². The van der Waals surface area contributed by atoms with E-state index in [1.165, 1.54) is 11.1 Å². The van der Waals surface area contributed by atoms with Gasteiger partial charge in [-0.25, -0.2) is 4.79 Å². The highest BCUT2D eigenvalue weighted by molar-refractivity contribution is 5.77. The number of aromatic nitrogens is 2. The summed E-state index contributed by atoms with van der Waals surface area (Å²) in [7, 11) is 0. The summed E-state index contributed by atoms with van der Waals surface area (Å²) in [5.41, 5.74) is 6.36. The molecule has 1 aromatic heterocycles. The van der Waals surface area contributed by atoms with E-state index in [1.807, 2.05) is 0 Å². The highest BCUT2D eigenvalue weighted by atomic mass is 16.5. The predicted octanol–water partition coefficient (Wildman–Crippen LogP) is 0.409. The zero-order valence-corrected chi connectivity index (χ0v) is 15.9. The van der Waals surface area contributed by atoms with E-state index in [0.717, 1.165) is 10.1 Å². The van der Waals surface area contributed by atoms with Crippen molar-refractivity contribution in [1.82, 2.24) is 14.5 Å². The lowest BCUT2D eigenvalue weighted by Crippen LogP contribution is -2.39. The molecule has 2 aromatic rings. The first-order chi connectivity index (χ1) is 13.3. The average molecular weight is 388 g/mol. The largest absolute Gasteiger partial charge is 0.466 e. The Morgan fingerprint density at radius 1 is 1.25 bits per heavy atom. The third-order valence-electron chi connectivity index (χ3n) is 4.15. The Kier molecular flexibility index (Phi) is 7.14. The summed E-state index contributed by atoms with van der Waals surface area (Å²) in [6.45, 7) is 3.53. The van der Waals surface area contributed by atoms with Gasteiger partial charge in [0.05, 0.1) is 13.0 Å². The summed E-state index contributed by atoms with van der Waals surface area (Å²) in [4.78, 5) is 51.6. The number of nitrogens with zero attached hydrogens (tertiary/aromatic N) is 2. The number of nitrogen functional groups attached to an aromatic ring is 1. The molecule has 0 unspecified atom stereocenters. The van der Waals surface area contributed by atoms with Gasteiger partial charge in [0.1, 0.15) is 6.54 Å². The minimum absolute atomic E-state index is 0.0197. The number of H-pyrrole nitrogens is 1. The van der Waals surface area contributed by atoms with E-state index in [1.54, 1.807) is 38.1 Å². The SMILES string of the molecule is CCOC(=O)CCN(Cc1ccccc1N)C(=O)Cn1cc(C)c(=O)[nH]c1=O. The van der Waals surface area contributed by atoms with Crippen LogP contribution in [0.1, 0.15) is 24.5 Å². The van der Waals surface area contributed by atoms with Gasteiger partial charge in [-0.05, 0) is 25.5 Å². The normalized spacial score (nSPS) is 10.5. The molecule has 0 atom stereocenters. The van der Waals surface area contributed by atoms with Crippen LogP contribution in [0.3, 0.4) is 0 Å². The van der Waals surface area contributed by atoms with Crippen LogP contribution in [0, 0.1) is 6.92 Å². The van der Waals surface area contributed by atoms with Gasteiger partial charge < -0.3 is 15.4 Å². The van der Waals surface area contributed by atoms with Crippen molar-refractivity contribution in [3.8, 4) is 0 Å². The van der Waals surface area contributed by atoms with Crippen LogP contribution in [-0.4, -0.2) is 39.5 Å². The first-order valence-corrected chi connectivity index (χ1v) is 8.89. The van der Waals surface area contributed by atoms with Crippen LogP contribution >= 0.6 is 0 Å². The maximum atomic E-state index is 12.8. The molecule has 9 heteroatoms. The Hall–Kier alpha value is -3.36. The summed E-state index contributed by atoms with van der Waals surface area (Å²) in [5.74, 6) is -0.806. The standard InChI is InChI=1S/C19H24N4O5/c1-3-28-17(25)8-9-22(11-14-6-4-5-7-15(14)20)16(24)12-23-10-13(2)18(26)21-19(23)27/h4-7,10H,3,8-9,11-12,20H2,1-2H3,(H,21,26,27). The van der Waals surface area contributed by atoms with Crippen molar-refractivity contribution in [2.24, 2.45) is 0 Å². The van der Waals surface area contributed by atoms with Gasteiger partial charge in [0.25, 0.3) is 5.56 Å². The van der Waals surface area contributed by atoms with Crippen LogP contribution < -0.4 is 17.0 Å². The minimum atomic E-state index is -0.673. The second-order valence-corrected chi connectivity index (χ2v) is 6.27. The average Bonchev–Trinajstić information content (AvgIpc) is 2.64. The highest BCUT2D eigenvalue weighted by Gasteiger charge is 2.18. The van der Waals surface area contributed by atoms with Crippen molar-refractivity contribution in [3.63, 3.8) is 0 Å². The number of para-hydroxylation sites is 1. The number of benzene rings is 1. The fraction of sp³-hybridized carbons (Fsp3) is 0.368. The molecule has 0 fully saturated rings. The van der Waals surface area contributed by atoms with E-state index in [-0.39, 0.29) is 38.6 Å². The van der Waals surface area contributed by atoms with E-state index < -0.39 is 17.2 Å². The lowest BCUT2D eigenvalue weighted by atomic mass is 10.1. The van der Waals surface area contributed by atoms with Gasteiger partial charge in [-0.3, -0.25) is 23.9 Å². The molecule has 28 heavy (non-hydrogen) atoms. The van der Waals surface area contributed by atoms with E-state index >= 15 is 0 Å². The molecule has 0 aliphatic rings. The van der Waals surface area contributed by atoms with Crippen molar-refractivity contribution in [1.29, 1.82) is 0 Å². The van der Waals surface area contributed by atoms with Gasteiger partial charge in [-0.2, -0.15) is 0 Å². The number of rotatable bonds is 8. The molecule has 0 aliphatic carbocycles. The van der Waals surface area contributed by atoms with Crippen LogP contribution in [0.25, 0.3) is 0 Å². The molecule has 1 heterocycles. The van der Waals surface area contributed by atoms with Gasteiger partial charge in [0.2, 0.25) is 5.91 Å². The van der Waals surface area contributed by atoms with Crippen LogP contribution in [0.4, 0.5) is 5.69 Å². The van der Waals surface area contributed by atoms with Gasteiger partial charge in [0.15, 0.2) is 0 Å². The van der Waals surface area contributed by atoms with Crippen molar-refractivity contribution in [3.05, 3.63) is 62.4 Å². The van der Waals surface area contributed by atoms with Crippen molar-refractivity contribution in [2.45, 2.75) is 33.4 Å². The number of anilines is 1. The Balaban J connectivity index is 2.21. The molecule has 3 N–H and O–H groups in total. The summed E-state index contributed by atoms with van der Waals surface area (Å²) >= 11 is 0. The number of carbonyl (C=O) groups is 2. The number of hydrogen-bond donors (Lipinski definition) is 2. The molecule has 0 saturated carbocycles. The number of carbonyl (C=O) groups excluding carboxylic acids is 2. The first kappa shape index (κ1) is 20.9. The van der Waals surface area contributed by atoms with Gasteiger partial charge >= 0.3 is 11.7 Å². The van der Waals surface area contributed by atoms with E-state index in [0.29, 0.717) is 11.3 Å². The van der Waals surface area contributed by atoms with Gasteiger partial charge in [-0.15, -0.1) is 0 Å². The number of amides is 1. The zero-order chi connectivity index (χ0) is 20.7. The van der Waals surface area contributed by atoms with Crippen molar-refractivity contribution in [2.75, 3.05) is 18.9 Å². The number of nitrogens with two attached hydrogens (primary N) is 1. The topological polar surface area (TPSA) is 127 Å². The lowest BCUT2D eigenvalue weighted by Gasteiger charge is -2.23. The highest BCUT2D eigenvalue weighted by Crippen LogP contribution is 2.14. The number of esters is 1. The summed E-state index contributed by atoms with van der Waals surface area (Å²) in [5, 5.41) is 0. The van der Waals surface area contributed by atoms with Crippen LogP contribution in [0.2, 0.25) is 0 Å². The molecule has 2 rings (SSSR count). The Morgan fingerprint density at radius 2 is 1.96 bits per heavy atom. The third kappa shape index (κ3) is 5.57. The number of ether oxygens (including phenoxy) is 1. The molecule has 0 saturated heterocycles. The summed E-state index contributed by atoms with van der Waals surface area (Å²) < 4.78 is 6.05. The zero-order valence-electron chi connectivity index (χ0n) is 15.9. The monoisotopic (exact) mass is 388 g/mol. The number of aryl methyl sites for hydroxylation is 1. The molecule has 1 amide bonds. The smallest absolute Gasteiger partial charge is 0.328 e.